The van der Waals surface area contributed by atoms with Crippen LogP contribution in [0.4, 0.5) is 4.39 Å². The van der Waals surface area contributed by atoms with E-state index in [0.29, 0.717) is 17.1 Å². The molecule has 0 aliphatic heterocycles. The molecule has 2 aromatic carbocycles. The van der Waals surface area contributed by atoms with Crippen molar-refractivity contribution >= 4 is 0 Å². The van der Waals surface area contributed by atoms with Gasteiger partial charge in [-0.05, 0) is 42.0 Å². The quantitative estimate of drug-likeness (QED) is 0.773. The van der Waals surface area contributed by atoms with E-state index in [1.165, 1.54) is 6.07 Å². The van der Waals surface area contributed by atoms with Gasteiger partial charge in [0.05, 0.1) is 13.5 Å². The van der Waals surface area contributed by atoms with E-state index in [0.717, 1.165) is 0 Å². The highest BCUT2D eigenvalue weighted by atomic mass is 19.1. The van der Waals surface area contributed by atoms with E-state index < -0.39 is 5.82 Å². The molecule has 95 valence electrons. The fraction of sp³-hybridized carbons (Fsp3) is 0.0625. The van der Waals surface area contributed by atoms with E-state index >= 15 is 0 Å². The summed E-state index contributed by atoms with van der Waals surface area (Å²) in [5, 5.41) is 0. The highest BCUT2D eigenvalue weighted by Crippen LogP contribution is 2.27. The second-order valence-electron chi connectivity index (χ2n) is 3.78. The van der Waals surface area contributed by atoms with Gasteiger partial charge in [0.1, 0.15) is 11.5 Å². The van der Waals surface area contributed by atoms with Crippen LogP contribution in [0.1, 0.15) is 5.56 Å². The average Bonchev–Trinajstić information content (AvgIpc) is 2.44. The molecule has 0 aliphatic carbocycles. The van der Waals surface area contributed by atoms with Crippen LogP contribution in [-0.4, -0.2) is 7.11 Å². The van der Waals surface area contributed by atoms with Crippen LogP contribution in [0.2, 0.25) is 0 Å². The maximum Gasteiger partial charge on any atom is 0.165 e. The molecule has 0 fully saturated rings. The van der Waals surface area contributed by atoms with Crippen molar-refractivity contribution in [3.63, 3.8) is 0 Å². The van der Waals surface area contributed by atoms with Gasteiger partial charge >= 0.3 is 0 Å². The third-order valence-electron chi connectivity index (χ3n) is 2.49. The van der Waals surface area contributed by atoms with E-state index in [4.69, 9.17) is 15.9 Å². The Balaban J connectivity index is 2.21. The molecule has 0 unspecified atom stereocenters. The first-order chi connectivity index (χ1) is 9.22. The number of terminal acetylenes is 1. The fourth-order valence-corrected chi connectivity index (χ4v) is 1.55. The van der Waals surface area contributed by atoms with Gasteiger partial charge in [0.15, 0.2) is 11.6 Å². The second kappa shape index (κ2) is 5.92. The van der Waals surface area contributed by atoms with Gasteiger partial charge < -0.3 is 9.47 Å². The molecule has 0 atom stereocenters. The predicted octanol–water partition coefficient (Wildman–Crippen LogP) is 3.81. The topological polar surface area (TPSA) is 18.5 Å². The molecule has 0 amide bonds. The Bertz CT molecular complexity index is 597. The van der Waals surface area contributed by atoms with E-state index in [2.05, 4.69) is 5.92 Å². The summed E-state index contributed by atoms with van der Waals surface area (Å²) in [6.07, 6.45) is 6.72. The van der Waals surface area contributed by atoms with Crippen LogP contribution >= 0.6 is 0 Å². The van der Waals surface area contributed by atoms with Crippen LogP contribution in [0.15, 0.2) is 42.5 Å². The van der Waals surface area contributed by atoms with Crippen molar-refractivity contribution in [1.29, 1.82) is 0 Å². The zero-order chi connectivity index (χ0) is 13.7. The number of hydrogen-bond donors (Lipinski definition) is 0. The van der Waals surface area contributed by atoms with Gasteiger partial charge in [-0.3, -0.25) is 0 Å². The van der Waals surface area contributed by atoms with Gasteiger partial charge in [0, 0.05) is 0 Å². The Morgan fingerprint density at radius 2 is 1.79 bits per heavy atom. The Labute approximate surface area is 111 Å². The minimum atomic E-state index is -0.440. The van der Waals surface area contributed by atoms with E-state index in [9.17, 15) is 4.39 Å². The lowest BCUT2D eigenvalue weighted by molar-refractivity contribution is 0.411. The molecule has 0 N–H and O–H groups in total. The molecule has 0 saturated heterocycles. The molecule has 3 heteroatoms. The largest absolute Gasteiger partial charge is 0.497 e. The van der Waals surface area contributed by atoms with Gasteiger partial charge in [0.2, 0.25) is 0 Å². The second-order valence-corrected chi connectivity index (χ2v) is 3.78. The maximum absolute atomic E-state index is 13.6. The zero-order valence-corrected chi connectivity index (χ0v) is 10.4. The van der Waals surface area contributed by atoms with Crippen LogP contribution in [-0.2, 0) is 0 Å². The highest BCUT2D eigenvalue weighted by molar-refractivity contribution is 5.41. The van der Waals surface area contributed by atoms with Crippen molar-refractivity contribution in [2.45, 2.75) is 0 Å². The Morgan fingerprint density at radius 3 is 2.42 bits per heavy atom. The van der Waals surface area contributed by atoms with Crippen molar-refractivity contribution in [2.24, 2.45) is 0 Å². The van der Waals surface area contributed by atoms with Gasteiger partial charge in [-0.2, -0.15) is 0 Å². The molecule has 0 aromatic heterocycles. The third kappa shape index (κ3) is 3.26. The van der Waals surface area contributed by atoms with E-state index in [1.807, 2.05) is 0 Å². The van der Waals surface area contributed by atoms with Crippen molar-refractivity contribution in [3.05, 3.63) is 60.3 Å². The first-order valence-corrected chi connectivity index (χ1v) is 5.64. The summed E-state index contributed by atoms with van der Waals surface area (Å²) in [4.78, 5) is 0. The van der Waals surface area contributed by atoms with Crippen LogP contribution < -0.4 is 9.47 Å². The van der Waals surface area contributed by atoms with E-state index in [1.54, 1.807) is 49.9 Å². The minimum Gasteiger partial charge on any atom is -0.497 e. The van der Waals surface area contributed by atoms with Crippen molar-refractivity contribution in [1.82, 2.24) is 0 Å². The molecule has 19 heavy (non-hydrogen) atoms. The number of benzene rings is 2. The normalized spacial score (nSPS) is 9.74. The van der Waals surface area contributed by atoms with Crippen molar-refractivity contribution < 1.29 is 13.9 Å². The summed E-state index contributed by atoms with van der Waals surface area (Å²) >= 11 is 0. The van der Waals surface area contributed by atoms with Crippen molar-refractivity contribution in [3.8, 4) is 29.6 Å². The standard InChI is InChI=1S/C16H12FO2/c1-3-4-12-5-10-15(17)16(11-12)19-14-8-6-13(18-2)7-9-14/h1,4-11H,2H3. The lowest BCUT2D eigenvalue weighted by atomic mass is 10.1. The lowest BCUT2D eigenvalue weighted by Crippen LogP contribution is -1.90. The molecule has 2 nitrogen and oxygen atoms in total. The smallest absolute Gasteiger partial charge is 0.165 e. The number of rotatable bonds is 4. The summed E-state index contributed by atoms with van der Waals surface area (Å²) in [7, 11) is 1.58. The Morgan fingerprint density at radius 1 is 1.11 bits per heavy atom. The van der Waals surface area contributed by atoms with Gasteiger partial charge in [0.25, 0.3) is 0 Å². The predicted molar refractivity (Wildman–Crippen MR) is 71.7 cm³/mol. The Hall–Kier alpha value is -2.47. The summed E-state index contributed by atoms with van der Waals surface area (Å²) < 4.78 is 24.1. The van der Waals surface area contributed by atoms with Crippen LogP contribution in [0.25, 0.3) is 0 Å². The molecule has 0 saturated carbocycles. The lowest BCUT2D eigenvalue weighted by Gasteiger charge is -2.08. The molecular formula is C16H12FO2. The van der Waals surface area contributed by atoms with Crippen LogP contribution in [0.3, 0.4) is 0 Å². The molecule has 0 bridgehead atoms. The Kier molecular flexibility index (Phi) is 4.04. The van der Waals surface area contributed by atoms with Crippen molar-refractivity contribution in [2.75, 3.05) is 7.11 Å². The SMILES string of the molecule is C#C[CH]c1ccc(F)c(Oc2ccc(OC)cc2)c1. The summed E-state index contributed by atoms with van der Waals surface area (Å²) in [5.74, 6) is 3.32. The van der Waals surface area contributed by atoms with Gasteiger partial charge in [-0.25, -0.2) is 4.39 Å². The van der Waals surface area contributed by atoms with Crippen LogP contribution in [0, 0.1) is 24.6 Å². The molecule has 0 aliphatic rings. The average molecular weight is 255 g/mol. The number of halogens is 1. The zero-order valence-electron chi connectivity index (χ0n) is 10.4. The first-order valence-electron chi connectivity index (χ1n) is 5.64. The highest BCUT2D eigenvalue weighted by Gasteiger charge is 2.06. The molecule has 2 rings (SSSR count). The monoisotopic (exact) mass is 255 g/mol. The molecule has 0 heterocycles. The molecule has 0 spiro atoms. The number of ether oxygens (including phenoxy) is 2. The number of hydrogen-bond acceptors (Lipinski definition) is 2. The van der Waals surface area contributed by atoms with E-state index in [-0.39, 0.29) is 5.75 Å². The number of methoxy groups -OCH3 is 1. The van der Waals surface area contributed by atoms with Gasteiger partial charge in [-0.1, -0.05) is 12.0 Å². The fourth-order valence-electron chi connectivity index (χ4n) is 1.55. The maximum atomic E-state index is 13.6. The third-order valence-corrected chi connectivity index (χ3v) is 2.49. The summed E-state index contributed by atoms with van der Waals surface area (Å²) in [6.45, 7) is 0. The van der Waals surface area contributed by atoms with Gasteiger partial charge in [-0.15, -0.1) is 6.42 Å². The summed E-state index contributed by atoms with van der Waals surface area (Å²) in [5.41, 5.74) is 0.715. The van der Waals surface area contributed by atoms with Crippen LogP contribution in [0.5, 0.6) is 17.2 Å². The molecule has 2 aromatic rings. The molecule has 1 radical (unpaired) electrons. The minimum absolute atomic E-state index is 0.133. The first kappa shape index (κ1) is 13.0. The summed E-state index contributed by atoms with van der Waals surface area (Å²) in [6, 6.07) is 11.4. The molecular weight excluding hydrogens is 243 g/mol.